The van der Waals surface area contributed by atoms with Crippen molar-refractivity contribution in [3.63, 3.8) is 0 Å². The van der Waals surface area contributed by atoms with Crippen molar-refractivity contribution in [1.29, 1.82) is 0 Å². The molecule has 0 fully saturated rings. The molecule has 0 N–H and O–H groups in total. The molecular formula is C19H8F6N2O4. The van der Waals surface area contributed by atoms with E-state index in [0.717, 1.165) is 0 Å². The van der Waals surface area contributed by atoms with Crippen LogP contribution < -0.4 is 11.3 Å². The Bertz CT molecular complexity index is 1330. The average molecular weight is 442 g/mol. The Hall–Kier alpha value is -3.70. The third-order valence-electron chi connectivity index (χ3n) is 4.28. The minimum Gasteiger partial charge on any atom is -0.398 e. The van der Waals surface area contributed by atoms with Gasteiger partial charge in [0.25, 0.3) is 0 Å². The Morgan fingerprint density at radius 3 is 1.42 bits per heavy atom. The van der Waals surface area contributed by atoms with Crippen LogP contribution in [0.1, 0.15) is 22.9 Å². The zero-order chi connectivity index (χ0) is 22.6. The number of fused-ring (bicyclic) bond motifs is 2. The van der Waals surface area contributed by atoms with E-state index < -0.39 is 35.4 Å². The zero-order valence-electron chi connectivity index (χ0n) is 15.0. The molecule has 0 atom stereocenters. The van der Waals surface area contributed by atoms with Gasteiger partial charge in [-0.15, -0.1) is 0 Å². The number of rotatable bonds is 2. The quantitative estimate of drug-likeness (QED) is 0.430. The maximum absolute atomic E-state index is 12.7. The molecule has 4 rings (SSSR count). The fourth-order valence-electron chi connectivity index (χ4n) is 2.94. The summed E-state index contributed by atoms with van der Waals surface area (Å²) in [7, 11) is 0. The van der Waals surface area contributed by atoms with Gasteiger partial charge in [0.1, 0.15) is 0 Å². The van der Waals surface area contributed by atoms with Gasteiger partial charge >= 0.3 is 35.4 Å². The van der Waals surface area contributed by atoms with Crippen molar-refractivity contribution in [2.45, 2.75) is 18.8 Å². The first-order chi connectivity index (χ1) is 14.4. The number of alkyl halides is 6. The lowest BCUT2D eigenvalue weighted by Gasteiger charge is -2.08. The van der Waals surface area contributed by atoms with Crippen LogP contribution in [0.3, 0.4) is 0 Å². The van der Waals surface area contributed by atoms with Gasteiger partial charge in [-0.1, -0.05) is 12.1 Å². The summed E-state index contributed by atoms with van der Waals surface area (Å²) < 4.78 is 84.8. The number of hydrogen-bond donors (Lipinski definition) is 0. The molecule has 0 aliphatic heterocycles. The van der Waals surface area contributed by atoms with E-state index >= 15 is 0 Å². The summed E-state index contributed by atoms with van der Waals surface area (Å²) in [6.45, 7) is 0. The lowest BCUT2D eigenvalue weighted by atomic mass is 10.0. The van der Waals surface area contributed by atoms with Crippen molar-refractivity contribution >= 4 is 21.8 Å². The van der Waals surface area contributed by atoms with Crippen molar-refractivity contribution < 1.29 is 35.2 Å². The smallest absolute Gasteiger partial charge is 0.398 e. The maximum Gasteiger partial charge on any atom is 0.469 e. The lowest BCUT2D eigenvalue weighted by molar-refractivity contribution is -0.159. The minimum atomic E-state index is -4.92. The highest BCUT2D eigenvalue weighted by atomic mass is 19.4. The summed E-state index contributed by atoms with van der Waals surface area (Å²) in [6, 6.07) is 7.84. The van der Waals surface area contributed by atoms with Crippen molar-refractivity contribution in [1.82, 2.24) is 9.97 Å². The Morgan fingerprint density at radius 2 is 1.06 bits per heavy atom. The standard InChI is InChI=1S/C19H8F6N2O4/c20-18(21,22)16-26-12-3-1-8(6-10(12)14(28)30-16)5-9-2-4-13-11(7-9)15(29)31-17(27-13)19(23,24)25/h1-4,6-7H,5H2. The number of nitrogens with zero attached hydrogens (tertiary/aromatic N) is 2. The molecule has 0 radical (unpaired) electrons. The predicted octanol–water partition coefficient (Wildman–Crippen LogP) is 4.32. The zero-order valence-corrected chi connectivity index (χ0v) is 15.0. The summed E-state index contributed by atoms with van der Waals surface area (Å²) in [6.07, 6.45) is -9.73. The number of aromatic nitrogens is 2. The third-order valence-corrected chi connectivity index (χ3v) is 4.28. The highest BCUT2D eigenvalue weighted by Crippen LogP contribution is 2.29. The van der Waals surface area contributed by atoms with Gasteiger partial charge < -0.3 is 8.83 Å². The maximum atomic E-state index is 12.7. The molecule has 160 valence electrons. The van der Waals surface area contributed by atoms with Crippen LogP contribution in [-0.2, 0) is 18.8 Å². The molecule has 0 unspecified atom stereocenters. The van der Waals surface area contributed by atoms with Gasteiger partial charge in [-0.2, -0.15) is 26.3 Å². The van der Waals surface area contributed by atoms with Crippen molar-refractivity contribution in [3.05, 3.63) is 80.1 Å². The molecule has 4 aromatic rings. The van der Waals surface area contributed by atoms with Crippen LogP contribution in [0.25, 0.3) is 21.8 Å². The van der Waals surface area contributed by atoms with E-state index in [1.54, 1.807) is 0 Å². The van der Waals surface area contributed by atoms with Crippen LogP contribution >= 0.6 is 0 Å². The fourth-order valence-corrected chi connectivity index (χ4v) is 2.94. The highest BCUT2D eigenvalue weighted by Gasteiger charge is 2.38. The van der Waals surface area contributed by atoms with Crippen LogP contribution in [0.15, 0.2) is 54.8 Å². The van der Waals surface area contributed by atoms with E-state index in [1.807, 2.05) is 0 Å². The molecule has 6 nitrogen and oxygen atoms in total. The molecule has 0 saturated heterocycles. The number of hydrogen-bond acceptors (Lipinski definition) is 6. The van der Waals surface area contributed by atoms with Gasteiger partial charge in [-0.25, -0.2) is 19.6 Å². The Balaban J connectivity index is 1.72. The van der Waals surface area contributed by atoms with Crippen LogP contribution in [0.2, 0.25) is 0 Å². The molecule has 2 heterocycles. The Kier molecular flexibility index (Phi) is 4.60. The first-order valence-electron chi connectivity index (χ1n) is 8.44. The predicted molar refractivity (Wildman–Crippen MR) is 93.4 cm³/mol. The minimum absolute atomic E-state index is 0.104. The highest BCUT2D eigenvalue weighted by molar-refractivity contribution is 5.79. The summed E-state index contributed by atoms with van der Waals surface area (Å²) in [5.41, 5.74) is -1.94. The second kappa shape index (κ2) is 6.93. The monoisotopic (exact) mass is 442 g/mol. The van der Waals surface area contributed by atoms with Crippen LogP contribution in [0, 0.1) is 0 Å². The molecule has 2 aromatic heterocycles. The van der Waals surface area contributed by atoms with E-state index in [-0.39, 0.29) is 28.2 Å². The molecule has 0 aliphatic rings. The summed E-state index contributed by atoms with van der Waals surface area (Å²) in [4.78, 5) is 30.4. The molecule has 0 bridgehead atoms. The topological polar surface area (TPSA) is 86.2 Å². The molecule has 0 amide bonds. The lowest BCUT2D eigenvalue weighted by Crippen LogP contribution is -2.14. The average Bonchev–Trinajstić information content (AvgIpc) is 2.67. The van der Waals surface area contributed by atoms with E-state index in [2.05, 4.69) is 18.8 Å². The third kappa shape index (κ3) is 4.00. The molecule has 12 heteroatoms. The van der Waals surface area contributed by atoms with Crippen molar-refractivity contribution in [2.24, 2.45) is 0 Å². The Morgan fingerprint density at radius 1 is 0.677 bits per heavy atom. The largest absolute Gasteiger partial charge is 0.469 e. The number of halogens is 6. The van der Waals surface area contributed by atoms with Gasteiger partial charge in [0, 0.05) is 0 Å². The molecule has 0 spiro atoms. The molecular weight excluding hydrogens is 434 g/mol. The second-order valence-corrected chi connectivity index (χ2v) is 6.49. The van der Waals surface area contributed by atoms with Gasteiger partial charge in [-0.3, -0.25) is 0 Å². The number of benzene rings is 2. The van der Waals surface area contributed by atoms with Crippen molar-refractivity contribution in [3.8, 4) is 0 Å². The van der Waals surface area contributed by atoms with Gasteiger partial charge in [0.2, 0.25) is 0 Å². The van der Waals surface area contributed by atoms with E-state index in [9.17, 15) is 35.9 Å². The van der Waals surface area contributed by atoms with E-state index in [1.165, 1.54) is 36.4 Å². The molecule has 2 aromatic carbocycles. The van der Waals surface area contributed by atoms with E-state index in [0.29, 0.717) is 11.1 Å². The first kappa shape index (κ1) is 20.6. The first-order valence-corrected chi connectivity index (χ1v) is 8.44. The van der Waals surface area contributed by atoms with E-state index in [4.69, 9.17) is 0 Å². The SMILES string of the molecule is O=c1oc(C(F)(F)F)nc2ccc(Cc3ccc4nc(C(F)(F)F)oc(=O)c4c3)cc12. The van der Waals surface area contributed by atoms with Gasteiger partial charge in [-0.05, 0) is 41.8 Å². The van der Waals surface area contributed by atoms with Gasteiger partial charge in [0.15, 0.2) is 0 Å². The van der Waals surface area contributed by atoms with Crippen LogP contribution in [-0.4, -0.2) is 9.97 Å². The van der Waals surface area contributed by atoms with Gasteiger partial charge in [0.05, 0.1) is 21.8 Å². The second-order valence-electron chi connectivity index (χ2n) is 6.49. The van der Waals surface area contributed by atoms with Crippen LogP contribution in [0.4, 0.5) is 26.3 Å². The van der Waals surface area contributed by atoms with Crippen LogP contribution in [0.5, 0.6) is 0 Å². The summed E-state index contributed by atoms with van der Waals surface area (Å²) in [5, 5.41) is -0.357. The molecule has 0 aliphatic carbocycles. The summed E-state index contributed by atoms with van der Waals surface area (Å²) >= 11 is 0. The Labute approximate surface area is 166 Å². The van der Waals surface area contributed by atoms with Crippen molar-refractivity contribution in [2.75, 3.05) is 0 Å². The summed E-state index contributed by atoms with van der Waals surface area (Å²) in [5.74, 6) is -3.32. The normalized spacial score (nSPS) is 12.6. The fraction of sp³-hybridized carbons (Fsp3) is 0.158. The molecule has 31 heavy (non-hydrogen) atoms. The molecule has 0 saturated carbocycles.